The quantitative estimate of drug-likeness (QED) is 0.165. The van der Waals surface area contributed by atoms with Crippen LogP contribution in [0.4, 0.5) is 26.3 Å². The zero-order valence-electron chi connectivity index (χ0n) is 16.5. The van der Waals surface area contributed by atoms with E-state index in [2.05, 4.69) is 31.9 Å². The van der Waals surface area contributed by atoms with Gasteiger partial charge in [0.15, 0.2) is 5.78 Å². The molecule has 176 valence electrons. The van der Waals surface area contributed by atoms with Gasteiger partial charge in [0, 0.05) is 11.1 Å². The Labute approximate surface area is 206 Å². The summed E-state index contributed by atoms with van der Waals surface area (Å²) in [5, 5.41) is -0.438. The fourth-order valence-corrected chi connectivity index (χ4v) is 6.41. The highest BCUT2D eigenvalue weighted by Gasteiger charge is 2.49. The number of benzene rings is 3. The van der Waals surface area contributed by atoms with Crippen molar-refractivity contribution >= 4 is 56.3 Å². The Kier molecular flexibility index (Phi) is 7.50. The maximum Gasteiger partial charge on any atom is 0.461 e. The fourth-order valence-electron chi connectivity index (χ4n) is 3.11. The lowest BCUT2D eigenvalue weighted by Crippen LogP contribution is -2.21. The average molecular weight is 627 g/mol. The normalized spacial score (nSPS) is 12.4. The van der Waals surface area contributed by atoms with E-state index in [1.807, 2.05) is 0 Å². The number of hydrogen-bond acceptors (Lipinski definition) is 3. The molecule has 0 aliphatic heterocycles. The molecular weight excluding hydrogens is 617 g/mol. The standard InChI is InChI=1S/C22H10Br2F6O3P/c23-15-10-9-12(18(31)11-5-2-1-3-6-11)17(24)19(15)34(33)20(32)16-13(21(25,26)27)7-4-8-14(16)22(28,29)30/h1-10H/q+1. The Bertz CT molecular complexity index is 1270. The number of hydrogen-bond donors (Lipinski definition) is 0. The zero-order chi connectivity index (χ0) is 25.4. The molecule has 0 N–H and O–H groups in total. The van der Waals surface area contributed by atoms with Crippen LogP contribution in [0.1, 0.15) is 37.4 Å². The molecule has 34 heavy (non-hydrogen) atoms. The maximum absolute atomic E-state index is 13.5. The highest BCUT2D eigenvalue weighted by molar-refractivity contribution is 9.11. The van der Waals surface area contributed by atoms with Crippen molar-refractivity contribution in [1.82, 2.24) is 0 Å². The summed E-state index contributed by atoms with van der Waals surface area (Å²) < 4.78 is 93.8. The lowest BCUT2D eigenvalue weighted by molar-refractivity contribution is -0.143. The van der Waals surface area contributed by atoms with Crippen molar-refractivity contribution in [2.24, 2.45) is 0 Å². The number of carbonyl (C=O) groups excluding carboxylic acids is 2. The molecule has 0 amide bonds. The van der Waals surface area contributed by atoms with Gasteiger partial charge in [-0.25, -0.2) is 4.79 Å². The molecule has 1 atom stereocenters. The molecule has 0 fully saturated rings. The Balaban J connectivity index is 2.19. The lowest BCUT2D eigenvalue weighted by atomic mass is 10.0. The predicted molar refractivity (Wildman–Crippen MR) is 120 cm³/mol. The highest BCUT2D eigenvalue weighted by atomic mass is 79.9. The van der Waals surface area contributed by atoms with Gasteiger partial charge < -0.3 is 0 Å². The highest BCUT2D eigenvalue weighted by Crippen LogP contribution is 2.44. The van der Waals surface area contributed by atoms with Crippen molar-refractivity contribution < 1.29 is 40.5 Å². The number of halogens is 8. The topological polar surface area (TPSA) is 51.2 Å². The second kappa shape index (κ2) is 9.71. The van der Waals surface area contributed by atoms with Crippen molar-refractivity contribution in [3.8, 4) is 0 Å². The molecule has 0 aliphatic rings. The Morgan fingerprint density at radius 3 is 1.76 bits per heavy atom. The first-order valence-corrected chi connectivity index (χ1v) is 12.0. The average Bonchev–Trinajstić information content (AvgIpc) is 2.77. The molecule has 3 aromatic carbocycles. The Morgan fingerprint density at radius 1 is 0.735 bits per heavy atom. The first-order valence-electron chi connectivity index (χ1n) is 9.12. The third-order valence-electron chi connectivity index (χ3n) is 4.62. The van der Waals surface area contributed by atoms with Gasteiger partial charge in [0.1, 0.15) is 0 Å². The molecule has 0 bridgehead atoms. The minimum absolute atomic E-state index is 0.0449. The largest absolute Gasteiger partial charge is 0.461 e. The van der Waals surface area contributed by atoms with Crippen LogP contribution in [0.25, 0.3) is 0 Å². The van der Waals surface area contributed by atoms with Crippen molar-refractivity contribution in [3.05, 3.63) is 97.4 Å². The van der Waals surface area contributed by atoms with E-state index in [1.54, 1.807) is 18.2 Å². The smallest absolute Gasteiger partial charge is 0.289 e. The molecule has 12 heteroatoms. The van der Waals surface area contributed by atoms with Crippen LogP contribution >= 0.6 is 39.7 Å². The Hall–Kier alpha value is -2.36. The van der Waals surface area contributed by atoms with Crippen LogP contribution in [-0.2, 0) is 16.9 Å². The van der Waals surface area contributed by atoms with E-state index in [9.17, 15) is 40.5 Å². The molecule has 0 aromatic heterocycles. The van der Waals surface area contributed by atoms with E-state index in [4.69, 9.17) is 0 Å². The van der Waals surface area contributed by atoms with Gasteiger partial charge in [0.25, 0.3) is 0 Å². The molecule has 0 heterocycles. The summed E-state index contributed by atoms with van der Waals surface area (Å²) in [6.07, 6.45) is -10.6. The van der Waals surface area contributed by atoms with Crippen LogP contribution in [0.2, 0.25) is 0 Å². The molecule has 0 spiro atoms. The maximum atomic E-state index is 13.5. The number of alkyl halides is 6. The minimum atomic E-state index is -5.32. The van der Waals surface area contributed by atoms with Gasteiger partial charge >= 0.3 is 25.7 Å². The summed E-state index contributed by atoms with van der Waals surface area (Å²) >= 11 is 6.08. The predicted octanol–water partition coefficient (Wildman–Crippen LogP) is 7.77. The van der Waals surface area contributed by atoms with E-state index in [1.165, 1.54) is 24.3 Å². The first-order chi connectivity index (χ1) is 15.7. The summed E-state index contributed by atoms with van der Waals surface area (Å²) in [5.74, 6) is -0.566. The summed E-state index contributed by atoms with van der Waals surface area (Å²) in [6.45, 7) is 0. The van der Waals surface area contributed by atoms with Crippen molar-refractivity contribution in [2.75, 3.05) is 0 Å². The third-order valence-corrected chi connectivity index (χ3v) is 8.18. The van der Waals surface area contributed by atoms with Gasteiger partial charge in [-0.3, -0.25) is 4.79 Å². The van der Waals surface area contributed by atoms with Crippen molar-refractivity contribution in [3.63, 3.8) is 0 Å². The van der Waals surface area contributed by atoms with E-state index in [0.29, 0.717) is 18.2 Å². The van der Waals surface area contributed by atoms with E-state index >= 15 is 0 Å². The summed E-state index contributed by atoms with van der Waals surface area (Å²) in [5.41, 5.74) is -7.21. The van der Waals surface area contributed by atoms with Crippen LogP contribution in [0, 0.1) is 0 Å². The molecule has 1 unspecified atom stereocenters. The van der Waals surface area contributed by atoms with E-state index < -0.39 is 53.5 Å². The van der Waals surface area contributed by atoms with Gasteiger partial charge in [0.2, 0.25) is 5.30 Å². The van der Waals surface area contributed by atoms with E-state index in [-0.39, 0.29) is 20.1 Å². The molecule has 3 nitrogen and oxygen atoms in total. The van der Waals surface area contributed by atoms with Gasteiger partial charge in [-0.15, -0.1) is 0 Å². The first kappa shape index (κ1) is 26.2. The number of carbonyl (C=O) groups is 2. The number of ketones is 1. The van der Waals surface area contributed by atoms with Crippen molar-refractivity contribution in [1.29, 1.82) is 0 Å². The zero-order valence-corrected chi connectivity index (χ0v) is 20.5. The summed E-state index contributed by atoms with van der Waals surface area (Å²) in [6, 6.07) is 11.5. The SMILES string of the molecule is O=C(c1ccccc1)c1ccc(Br)c([P+](=O)C(=O)c2c(C(F)(F)F)cccc2C(F)(F)F)c1Br. The molecular formula is C22H10Br2F6O3P+. The molecule has 0 radical (unpaired) electrons. The van der Waals surface area contributed by atoms with Crippen LogP contribution in [0.3, 0.4) is 0 Å². The van der Waals surface area contributed by atoms with Gasteiger partial charge in [0.05, 0.1) is 25.6 Å². The van der Waals surface area contributed by atoms with Gasteiger partial charge in [-0.05, 0) is 56.1 Å². The summed E-state index contributed by atoms with van der Waals surface area (Å²) in [7, 11) is -3.53. The van der Waals surface area contributed by atoms with Gasteiger partial charge in [-0.1, -0.05) is 41.0 Å². The van der Waals surface area contributed by atoms with Crippen LogP contribution in [-0.4, -0.2) is 11.3 Å². The van der Waals surface area contributed by atoms with Crippen LogP contribution in [0.15, 0.2) is 69.6 Å². The Morgan fingerprint density at radius 2 is 1.26 bits per heavy atom. The number of rotatable bonds is 5. The lowest BCUT2D eigenvalue weighted by Gasteiger charge is -2.15. The second-order valence-electron chi connectivity index (χ2n) is 6.78. The van der Waals surface area contributed by atoms with E-state index in [0.717, 1.165) is 0 Å². The fraction of sp³-hybridized carbons (Fsp3) is 0.0909. The summed E-state index contributed by atoms with van der Waals surface area (Å²) in [4.78, 5) is 25.8. The molecule has 0 saturated heterocycles. The monoisotopic (exact) mass is 625 g/mol. The molecule has 0 aliphatic carbocycles. The minimum Gasteiger partial charge on any atom is -0.289 e. The van der Waals surface area contributed by atoms with Crippen LogP contribution in [0.5, 0.6) is 0 Å². The molecule has 3 rings (SSSR count). The van der Waals surface area contributed by atoms with Crippen LogP contribution < -0.4 is 5.30 Å². The third kappa shape index (κ3) is 5.16. The molecule has 0 saturated carbocycles. The second-order valence-corrected chi connectivity index (χ2v) is 9.87. The molecule has 3 aromatic rings. The van der Waals surface area contributed by atoms with Gasteiger partial charge in [-0.2, -0.15) is 26.3 Å². The van der Waals surface area contributed by atoms with Crippen molar-refractivity contribution in [2.45, 2.75) is 12.4 Å².